The summed E-state index contributed by atoms with van der Waals surface area (Å²) in [5.41, 5.74) is 1.19. The van der Waals surface area contributed by atoms with Crippen molar-refractivity contribution < 1.29 is 14.6 Å². The predicted molar refractivity (Wildman–Crippen MR) is 56.5 cm³/mol. The maximum atomic E-state index is 11.7. The number of fused-ring (bicyclic) bond motifs is 1. The summed E-state index contributed by atoms with van der Waals surface area (Å²) in [7, 11) is 0. The lowest BCUT2D eigenvalue weighted by Crippen LogP contribution is -2.26. The van der Waals surface area contributed by atoms with Crippen LogP contribution in [-0.2, 0) is 6.54 Å². The fourth-order valence-corrected chi connectivity index (χ4v) is 1.68. The largest absolute Gasteiger partial charge is 0.476 e. The Bertz CT molecular complexity index is 400. The summed E-state index contributed by atoms with van der Waals surface area (Å²) in [6.45, 7) is 3.67. The van der Waals surface area contributed by atoms with Crippen molar-refractivity contribution >= 4 is 5.91 Å². The van der Waals surface area contributed by atoms with E-state index in [4.69, 9.17) is 9.84 Å². The molecule has 0 bridgehead atoms. The molecular formula is C10H15N3O3. The van der Waals surface area contributed by atoms with E-state index in [2.05, 4.69) is 10.4 Å². The smallest absolute Gasteiger partial charge is 0.272 e. The third-order valence-corrected chi connectivity index (χ3v) is 2.51. The highest BCUT2D eigenvalue weighted by atomic mass is 16.5. The Morgan fingerprint density at radius 3 is 3.19 bits per heavy atom. The fraction of sp³-hybridized carbons (Fsp3) is 0.600. The molecule has 0 aliphatic carbocycles. The molecule has 1 aliphatic rings. The van der Waals surface area contributed by atoms with Crippen LogP contribution in [0.2, 0.25) is 0 Å². The van der Waals surface area contributed by atoms with Gasteiger partial charge >= 0.3 is 0 Å². The van der Waals surface area contributed by atoms with Crippen LogP contribution in [0.4, 0.5) is 0 Å². The molecule has 2 heterocycles. The van der Waals surface area contributed by atoms with Crippen molar-refractivity contribution in [3.63, 3.8) is 0 Å². The van der Waals surface area contributed by atoms with E-state index in [1.165, 1.54) is 0 Å². The molecule has 6 nitrogen and oxygen atoms in total. The quantitative estimate of drug-likeness (QED) is 0.689. The van der Waals surface area contributed by atoms with Gasteiger partial charge in [-0.1, -0.05) is 0 Å². The van der Waals surface area contributed by atoms with Gasteiger partial charge in [0.1, 0.15) is 6.61 Å². The van der Waals surface area contributed by atoms with Crippen molar-refractivity contribution in [3.05, 3.63) is 11.3 Å². The van der Waals surface area contributed by atoms with Crippen LogP contribution in [0.1, 0.15) is 22.5 Å². The van der Waals surface area contributed by atoms with Gasteiger partial charge in [-0.15, -0.1) is 0 Å². The number of aliphatic hydroxyl groups excluding tert-OH is 1. The van der Waals surface area contributed by atoms with Crippen molar-refractivity contribution in [2.45, 2.75) is 19.9 Å². The van der Waals surface area contributed by atoms with E-state index in [1.54, 1.807) is 4.68 Å². The first-order valence-corrected chi connectivity index (χ1v) is 5.33. The molecule has 0 unspecified atom stereocenters. The minimum atomic E-state index is -0.212. The van der Waals surface area contributed by atoms with Gasteiger partial charge in [0, 0.05) is 18.7 Å². The Kier molecular flexibility index (Phi) is 3.09. The second-order valence-corrected chi connectivity index (χ2v) is 3.68. The molecule has 6 heteroatoms. The number of nitrogens with zero attached hydrogens (tertiary/aromatic N) is 2. The van der Waals surface area contributed by atoms with E-state index < -0.39 is 0 Å². The normalized spacial score (nSPS) is 13.4. The average Bonchev–Trinajstić information content (AvgIpc) is 2.82. The van der Waals surface area contributed by atoms with Crippen LogP contribution in [0.15, 0.2) is 0 Å². The maximum absolute atomic E-state index is 11.7. The van der Waals surface area contributed by atoms with Gasteiger partial charge in [0.25, 0.3) is 5.91 Å². The van der Waals surface area contributed by atoms with Crippen LogP contribution in [0, 0.1) is 6.92 Å². The Labute approximate surface area is 93.2 Å². The summed E-state index contributed by atoms with van der Waals surface area (Å²) < 4.78 is 7.07. The molecule has 1 amide bonds. The topological polar surface area (TPSA) is 76.4 Å². The molecule has 16 heavy (non-hydrogen) atoms. The molecule has 2 rings (SSSR count). The first-order chi connectivity index (χ1) is 7.74. The second kappa shape index (κ2) is 4.52. The molecule has 0 saturated heterocycles. The SMILES string of the molecule is Cc1c(C(=O)NCCCO)nn2c1OCC2. The molecule has 0 radical (unpaired) electrons. The average molecular weight is 225 g/mol. The molecule has 1 aliphatic heterocycles. The number of aliphatic hydroxyl groups is 1. The van der Waals surface area contributed by atoms with Gasteiger partial charge in [0.15, 0.2) is 5.69 Å². The molecule has 0 spiro atoms. The Morgan fingerprint density at radius 1 is 1.69 bits per heavy atom. The number of hydrogen-bond donors (Lipinski definition) is 2. The minimum Gasteiger partial charge on any atom is -0.476 e. The van der Waals surface area contributed by atoms with Crippen LogP contribution in [-0.4, -0.2) is 40.6 Å². The first-order valence-electron chi connectivity index (χ1n) is 5.33. The van der Waals surface area contributed by atoms with E-state index in [1.807, 2.05) is 6.92 Å². The highest BCUT2D eigenvalue weighted by molar-refractivity contribution is 5.94. The van der Waals surface area contributed by atoms with Crippen LogP contribution in [0.3, 0.4) is 0 Å². The van der Waals surface area contributed by atoms with Crippen molar-refractivity contribution in [3.8, 4) is 5.88 Å². The minimum absolute atomic E-state index is 0.0715. The summed E-state index contributed by atoms with van der Waals surface area (Å²) in [5, 5.41) is 15.5. The highest BCUT2D eigenvalue weighted by Crippen LogP contribution is 2.25. The number of carbonyl (C=O) groups is 1. The van der Waals surface area contributed by atoms with Crippen molar-refractivity contribution in [2.75, 3.05) is 19.8 Å². The number of amides is 1. The summed E-state index contributed by atoms with van der Waals surface area (Å²) in [6.07, 6.45) is 0.550. The van der Waals surface area contributed by atoms with Crippen LogP contribution in [0.25, 0.3) is 0 Å². The monoisotopic (exact) mass is 225 g/mol. The number of aromatic nitrogens is 2. The maximum Gasteiger partial charge on any atom is 0.272 e. The van der Waals surface area contributed by atoms with E-state index in [0.717, 1.165) is 5.56 Å². The number of carbonyl (C=O) groups excluding carboxylic acids is 1. The Morgan fingerprint density at radius 2 is 2.50 bits per heavy atom. The third kappa shape index (κ3) is 1.88. The number of ether oxygens (including phenoxy) is 1. The fourth-order valence-electron chi connectivity index (χ4n) is 1.68. The van der Waals surface area contributed by atoms with Crippen molar-refractivity contribution in [1.82, 2.24) is 15.1 Å². The summed E-state index contributed by atoms with van der Waals surface area (Å²) in [5.74, 6) is 0.476. The molecule has 88 valence electrons. The lowest BCUT2D eigenvalue weighted by molar-refractivity contribution is 0.0944. The van der Waals surface area contributed by atoms with Crippen molar-refractivity contribution in [1.29, 1.82) is 0 Å². The third-order valence-electron chi connectivity index (χ3n) is 2.51. The van der Waals surface area contributed by atoms with Crippen LogP contribution >= 0.6 is 0 Å². The van der Waals surface area contributed by atoms with Gasteiger partial charge in [-0.25, -0.2) is 4.68 Å². The lowest BCUT2D eigenvalue weighted by Gasteiger charge is -2.02. The first kappa shape index (κ1) is 10.9. The molecule has 1 aromatic heterocycles. The molecule has 1 aromatic rings. The lowest BCUT2D eigenvalue weighted by atomic mass is 10.2. The van der Waals surface area contributed by atoms with E-state index in [9.17, 15) is 4.79 Å². The second-order valence-electron chi connectivity index (χ2n) is 3.68. The van der Waals surface area contributed by atoms with Gasteiger partial charge in [-0.2, -0.15) is 5.10 Å². The predicted octanol–water partition coefficient (Wildman–Crippen LogP) is -0.304. The number of hydrogen-bond acceptors (Lipinski definition) is 4. The summed E-state index contributed by atoms with van der Waals surface area (Å²) in [6, 6.07) is 0. The van der Waals surface area contributed by atoms with Gasteiger partial charge in [0.2, 0.25) is 5.88 Å². The van der Waals surface area contributed by atoms with E-state index >= 15 is 0 Å². The molecule has 0 aromatic carbocycles. The van der Waals surface area contributed by atoms with Crippen LogP contribution in [0.5, 0.6) is 5.88 Å². The molecular weight excluding hydrogens is 210 g/mol. The molecule has 0 fully saturated rings. The molecule has 0 atom stereocenters. The molecule has 0 saturated carbocycles. The van der Waals surface area contributed by atoms with Gasteiger partial charge in [-0.3, -0.25) is 4.79 Å². The van der Waals surface area contributed by atoms with Gasteiger partial charge < -0.3 is 15.2 Å². The number of rotatable bonds is 4. The summed E-state index contributed by atoms with van der Waals surface area (Å²) in [4.78, 5) is 11.7. The van der Waals surface area contributed by atoms with E-state index in [-0.39, 0.29) is 12.5 Å². The van der Waals surface area contributed by atoms with Crippen LogP contribution < -0.4 is 10.1 Å². The Balaban J connectivity index is 2.06. The van der Waals surface area contributed by atoms with Gasteiger partial charge in [0.05, 0.1) is 6.54 Å². The zero-order valence-electron chi connectivity index (χ0n) is 9.19. The highest BCUT2D eigenvalue weighted by Gasteiger charge is 2.23. The Hall–Kier alpha value is -1.56. The molecule has 2 N–H and O–H groups in total. The van der Waals surface area contributed by atoms with Crippen molar-refractivity contribution in [2.24, 2.45) is 0 Å². The summed E-state index contributed by atoms with van der Waals surface area (Å²) >= 11 is 0. The zero-order valence-corrected chi connectivity index (χ0v) is 9.19. The van der Waals surface area contributed by atoms with E-state index in [0.29, 0.717) is 37.7 Å². The zero-order chi connectivity index (χ0) is 11.5. The standard InChI is InChI=1S/C10H15N3O3/c1-7-8(9(15)11-3-2-5-14)12-13-4-6-16-10(7)13/h14H,2-6H2,1H3,(H,11,15). The van der Waals surface area contributed by atoms with Gasteiger partial charge in [-0.05, 0) is 13.3 Å². The number of nitrogens with one attached hydrogen (secondary N) is 1.